The number of carbonyl (C=O) groups excluding carboxylic acids is 1. The van der Waals surface area contributed by atoms with Crippen molar-refractivity contribution in [2.24, 2.45) is 0 Å². The number of rotatable bonds is 5. The smallest absolute Gasteiger partial charge is 0.241 e. The van der Waals surface area contributed by atoms with Gasteiger partial charge in [-0.3, -0.25) is 9.78 Å². The molecule has 1 saturated heterocycles. The van der Waals surface area contributed by atoms with Crippen molar-refractivity contribution in [3.63, 3.8) is 0 Å². The molecule has 4 rings (SSSR count). The molecule has 0 radical (unpaired) electrons. The molecular weight excluding hydrogens is 358 g/mol. The summed E-state index contributed by atoms with van der Waals surface area (Å²) in [5, 5.41) is 3.00. The lowest BCUT2D eigenvalue weighted by atomic mass is 10.0. The Balaban J connectivity index is 1.37. The molecule has 0 spiro atoms. The molecule has 7 heteroatoms. The van der Waals surface area contributed by atoms with E-state index in [9.17, 15) is 4.79 Å². The zero-order valence-corrected chi connectivity index (χ0v) is 15.8. The molecule has 1 amide bonds. The van der Waals surface area contributed by atoms with Crippen LogP contribution in [0.2, 0.25) is 0 Å². The molecule has 3 heterocycles. The molecule has 2 N–H and O–H groups in total. The predicted octanol–water partition coefficient (Wildman–Crippen LogP) is 2.77. The highest BCUT2D eigenvalue weighted by Crippen LogP contribution is 2.25. The van der Waals surface area contributed by atoms with Gasteiger partial charge in [0.05, 0.1) is 12.2 Å². The number of hydrogen-bond acceptors (Lipinski definition) is 6. The Morgan fingerprint density at radius 2 is 1.96 bits per heavy atom. The molecule has 0 saturated carbocycles. The number of benzene rings is 1. The Kier molecular flexibility index (Phi) is 5.24. The Labute approximate surface area is 162 Å². The second kappa shape index (κ2) is 7.96. The van der Waals surface area contributed by atoms with Crippen LogP contribution in [0.3, 0.4) is 0 Å². The summed E-state index contributed by atoms with van der Waals surface area (Å²) < 4.78 is 0. The second-order valence-corrected chi connectivity index (χ2v) is 7.47. The van der Waals surface area contributed by atoms with Crippen LogP contribution in [-0.2, 0) is 11.3 Å². The third-order valence-electron chi connectivity index (χ3n) is 4.66. The Morgan fingerprint density at radius 3 is 2.74 bits per heavy atom. The van der Waals surface area contributed by atoms with E-state index < -0.39 is 0 Å². The van der Waals surface area contributed by atoms with Crippen LogP contribution in [0, 0.1) is 0 Å². The fraction of sp³-hybridized carbons (Fsp3) is 0.250. The highest BCUT2D eigenvalue weighted by atomic mass is 32.1. The highest BCUT2D eigenvalue weighted by Gasteiger charge is 2.32. The molecule has 1 fully saturated rings. The van der Waals surface area contributed by atoms with E-state index in [0.29, 0.717) is 13.0 Å². The van der Waals surface area contributed by atoms with Gasteiger partial charge in [-0.1, -0.05) is 30.3 Å². The zero-order chi connectivity index (χ0) is 18.6. The van der Waals surface area contributed by atoms with Crippen molar-refractivity contribution in [1.82, 2.24) is 25.7 Å². The van der Waals surface area contributed by atoms with E-state index in [0.717, 1.165) is 21.8 Å². The summed E-state index contributed by atoms with van der Waals surface area (Å²) in [7, 11) is 1.82. The second-order valence-electron chi connectivity index (χ2n) is 6.61. The highest BCUT2D eigenvalue weighted by molar-refractivity contribution is 7.13. The molecule has 0 aliphatic carbocycles. The fourth-order valence-electron chi connectivity index (χ4n) is 3.21. The minimum absolute atomic E-state index is 0.0633. The first-order valence-electron chi connectivity index (χ1n) is 8.86. The first kappa shape index (κ1) is 17.8. The van der Waals surface area contributed by atoms with Gasteiger partial charge < -0.3 is 4.90 Å². The maximum atomic E-state index is 12.8. The number of likely N-dealkylation sites (N-methyl/N-ethyl adjacent to an activating group) is 1. The van der Waals surface area contributed by atoms with Crippen LogP contribution in [0.25, 0.3) is 10.6 Å². The third-order valence-corrected chi connectivity index (χ3v) is 5.60. The molecule has 1 aromatic carbocycles. The lowest BCUT2D eigenvalue weighted by Gasteiger charge is -2.19. The minimum Gasteiger partial charge on any atom is -0.338 e. The molecular formula is C20H21N5OS. The van der Waals surface area contributed by atoms with Gasteiger partial charge in [0.2, 0.25) is 5.91 Å². The maximum Gasteiger partial charge on any atom is 0.241 e. The van der Waals surface area contributed by atoms with E-state index in [1.165, 1.54) is 0 Å². The van der Waals surface area contributed by atoms with Crippen molar-refractivity contribution in [1.29, 1.82) is 0 Å². The van der Waals surface area contributed by atoms with Crippen LogP contribution < -0.4 is 10.9 Å². The van der Waals surface area contributed by atoms with Gasteiger partial charge in [0.1, 0.15) is 11.0 Å². The van der Waals surface area contributed by atoms with Gasteiger partial charge in [0.15, 0.2) is 0 Å². The van der Waals surface area contributed by atoms with Crippen LogP contribution in [0.4, 0.5) is 0 Å². The topological polar surface area (TPSA) is 70.2 Å². The van der Waals surface area contributed by atoms with Gasteiger partial charge in [-0.25, -0.2) is 15.8 Å². The molecule has 2 unspecified atom stereocenters. The van der Waals surface area contributed by atoms with Gasteiger partial charge in [0, 0.05) is 36.4 Å². The van der Waals surface area contributed by atoms with Crippen molar-refractivity contribution >= 4 is 17.2 Å². The van der Waals surface area contributed by atoms with Crippen molar-refractivity contribution in [2.45, 2.75) is 25.0 Å². The fourth-order valence-corrected chi connectivity index (χ4v) is 4.03. The van der Waals surface area contributed by atoms with E-state index in [4.69, 9.17) is 0 Å². The number of nitrogens with zero attached hydrogens (tertiary/aromatic N) is 3. The summed E-state index contributed by atoms with van der Waals surface area (Å²) in [6.07, 6.45) is 4.25. The Hall–Kier alpha value is -2.61. The monoisotopic (exact) mass is 379 g/mol. The molecule has 2 atom stereocenters. The molecule has 3 aromatic rings. The summed E-state index contributed by atoms with van der Waals surface area (Å²) in [5.41, 5.74) is 9.47. The number of aromatic nitrogens is 2. The average molecular weight is 379 g/mol. The van der Waals surface area contributed by atoms with Crippen molar-refractivity contribution in [3.8, 4) is 10.6 Å². The summed E-state index contributed by atoms with van der Waals surface area (Å²) in [6, 6.07) is 13.9. The first-order valence-corrected chi connectivity index (χ1v) is 9.74. The van der Waals surface area contributed by atoms with Crippen molar-refractivity contribution < 1.29 is 4.79 Å². The van der Waals surface area contributed by atoms with Gasteiger partial charge >= 0.3 is 0 Å². The van der Waals surface area contributed by atoms with Crippen molar-refractivity contribution in [3.05, 3.63) is 71.5 Å². The van der Waals surface area contributed by atoms with E-state index in [2.05, 4.69) is 20.8 Å². The van der Waals surface area contributed by atoms with Gasteiger partial charge in [-0.05, 0) is 24.1 Å². The quantitative estimate of drug-likeness (QED) is 0.713. The van der Waals surface area contributed by atoms with Crippen LogP contribution in [0.15, 0.2) is 60.2 Å². The number of amides is 1. The molecule has 1 aliphatic rings. The van der Waals surface area contributed by atoms with E-state index in [-0.39, 0.29) is 18.0 Å². The largest absolute Gasteiger partial charge is 0.338 e. The number of thiazole rings is 1. The molecule has 0 bridgehead atoms. The lowest BCUT2D eigenvalue weighted by molar-refractivity contribution is -0.132. The summed E-state index contributed by atoms with van der Waals surface area (Å²) in [6.45, 7) is 0.500. The molecule has 27 heavy (non-hydrogen) atoms. The van der Waals surface area contributed by atoms with Gasteiger partial charge in [-0.2, -0.15) is 0 Å². The summed E-state index contributed by atoms with van der Waals surface area (Å²) >= 11 is 1.60. The normalized spacial score (nSPS) is 19.1. The van der Waals surface area contributed by atoms with Gasteiger partial charge in [-0.15, -0.1) is 11.3 Å². The number of hydrazine groups is 1. The van der Waals surface area contributed by atoms with E-state index in [1.54, 1.807) is 28.6 Å². The summed E-state index contributed by atoms with van der Waals surface area (Å²) in [4.78, 5) is 23.2. The maximum absolute atomic E-state index is 12.8. The number of carbonyl (C=O) groups is 1. The van der Waals surface area contributed by atoms with Crippen LogP contribution in [0.1, 0.15) is 23.7 Å². The number of hydrogen-bond donors (Lipinski definition) is 2. The molecule has 2 aromatic heterocycles. The third kappa shape index (κ3) is 4.05. The zero-order valence-electron chi connectivity index (χ0n) is 15.0. The van der Waals surface area contributed by atoms with Crippen LogP contribution >= 0.6 is 11.3 Å². The number of pyridine rings is 1. The SMILES string of the molecule is CN(Cc1csc(-c2ccccc2)n1)C(=O)C1CC(c2ccncc2)NN1. The Morgan fingerprint density at radius 1 is 1.19 bits per heavy atom. The van der Waals surface area contributed by atoms with Crippen molar-refractivity contribution in [2.75, 3.05) is 7.05 Å². The molecule has 138 valence electrons. The minimum atomic E-state index is -0.250. The molecule has 1 aliphatic heterocycles. The van der Waals surface area contributed by atoms with E-state index in [1.807, 2.05) is 54.9 Å². The standard InChI is InChI=1S/C20H21N5OS/c1-25(12-16-13-27-19(22-16)15-5-3-2-4-6-15)20(26)18-11-17(23-24-18)14-7-9-21-10-8-14/h2-10,13,17-18,23-24H,11-12H2,1H3. The van der Waals surface area contributed by atoms with Crippen LogP contribution in [0.5, 0.6) is 0 Å². The Bertz CT molecular complexity index is 899. The van der Waals surface area contributed by atoms with E-state index >= 15 is 0 Å². The summed E-state index contributed by atoms with van der Waals surface area (Å²) in [5.74, 6) is 0.0633. The predicted molar refractivity (Wildman–Crippen MR) is 106 cm³/mol. The van der Waals surface area contributed by atoms with Gasteiger partial charge in [0.25, 0.3) is 0 Å². The average Bonchev–Trinajstić information content (AvgIpc) is 3.39. The molecule has 6 nitrogen and oxygen atoms in total. The first-order chi connectivity index (χ1) is 13.2. The number of nitrogens with one attached hydrogen (secondary N) is 2. The lowest BCUT2D eigenvalue weighted by Crippen LogP contribution is -2.43. The van der Waals surface area contributed by atoms with Crippen LogP contribution in [-0.4, -0.2) is 33.9 Å².